The highest BCUT2D eigenvalue weighted by atomic mass is 35.5. The molecule has 0 unspecified atom stereocenters. The van der Waals surface area contributed by atoms with Crippen molar-refractivity contribution in [3.63, 3.8) is 0 Å². The second-order valence-electron chi connectivity index (χ2n) is 0.821. The standard InChI is InChI=1S/C3H3Cl2NO/c4-1-2(5)3(6)7/h1H,(H2,6,7)/b2-1+. The van der Waals surface area contributed by atoms with Gasteiger partial charge in [0.25, 0.3) is 5.91 Å². The molecule has 0 saturated carbocycles. The van der Waals surface area contributed by atoms with Crippen molar-refractivity contribution in [1.82, 2.24) is 0 Å². The van der Waals surface area contributed by atoms with Crippen molar-refractivity contribution in [2.45, 2.75) is 0 Å². The summed E-state index contributed by atoms with van der Waals surface area (Å²) in [5.41, 5.74) is 5.54. The van der Waals surface area contributed by atoms with Gasteiger partial charge >= 0.3 is 0 Å². The summed E-state index contributed by atoms with van der Waals surface area (Å²) in [5.74, 6) is -0.711. The third-order valence-electron chi connectivity index (χ3n) is 0.331. The molecule has 40 valence electrons. The van der Waals surface area contributed by atoms with Crippen LogP contribution in [0, 0.1) is 0 Å². The van der Waals surface area contributed by atoms with E-state index in [1.54, 1.807) is 0 Å². The Kier molecular flexibility index (Phi) is 2.79. The van der Waals surface area contributed by atoms with Crippen LogP contribution >= 0.6 is 23.2 Å². The summed E-state index contributed by atoms with van der Waals surface area (Å²) in [6.07, 6.45) is 0. The summed E-state index contributed by atoms with van der Waals surface area (Å²) >= 11 is 10.0. The molecule has 0 aromatic carbocycles. The summed E-state index contributed by atoms with van der Waals surface area (Å²) in [6, 6.07) is 0. The van der Waals surface area contributed by atoms with Crippen LogP contribution < -0.4 is 5.73 Å². The molecular weight excluding hydrogens is 137 g/mol. The van der Waals surface area contributed by atoms with Gasteiger partial charge < -0.3 is 5.73 Å². The van der Waals surface area contributed by atoms with Crippen LogP contribution in [0.1, 0.15) is 0 Å². The Balaban J connectivity index is 3.82. The van der Waals surface area contributed by atoms with E-state index in [2.05, 4.69) is 5.73 Å². The Labute approximate surface area is 50.9 Å². The minimum atomic E-state index is -0.711. The van der Waals surface area contributed by atoms with Crippen molar-refractivity contribution in [1.29, 1.82) is 0 Å². The van der Waals surface area contributed by atoms with Crippen LogP contribution in [0.3, 0.4) is 0 Å². The zero-order valence-electron chi connectivity index (χ0n) is 3.32. The fraction of sp³-hybridized carbons (Fsp3) is 0. The lowest BCUT2D eigenvalue weighted by atomic mass is 10.6. The molecule has 2 N–H and O–H groups in total. The summed E-state index contributed by atoms with van der Waals surface area (Å²) in [6.45, 7) is 0. The van der Waals surface area contributed by atoms with Gasteiger partial charge in [-0.15, -0.1) is 0 Å². The monoisotopic (exact) mass is 139 g/mol. The first kappa shape index (κ1) is 6.79. The summed E-state index contributed by atoms with van der Waals surface area (Å²) in [4.78, 5) is 9.87. The van der Waals surface area contributed by atoms with E-state index in [9.17, 15) is 4.79 Å². The quantitative estimate of drug-likeness (QED) is 0.537. The molecule has 0 spiro atoms. The molecule has 0 aliphatic rings. The van der Waals surface area contributed by atoms with Crippen molar-refractivity contribution in [2.75, 3.05) is 0 Å². The maximum absolute atomic E-state index is 9.87. The fourth-order valence-corrected chi connectivity index (χ4v) is 0.161. The number of hydrogen-bond acceptors (Lipinski definition) is 1. The number of primary amides is 1. The van der Waals surface area contributed by atoms with E-state index in [1.807, 2.05) is 0 Å². The molecule has 0 atom stereocenters. The highest BCUT2D eigenvalue weighted by molar-refractivity contribution is 6.46. The zero-order valence-corrected chi connectivity index (χ0v) is 4.83. The van der Waals surface area contributed by atoms with E-state index in [1.165, 1.54) is 0 Å². The summed E-state index contributed by atoms with van der Waals surface area (Å²) in [5, 5.41) is -0.151. The Morgan fingerprint density at radius 2 is 2.14 bits per heavy atom. The first-order valence-corrected chi connectivity index (χ1v) is 2.25. The van der Waals surface area contributed by atoms with Gasteiger partial charge in [0.05, 0.1) is 0 Å². The van der Waals surface area contributed by atoms with Gasteiger partial charge in [0.15, 0.2) is 0 Å². The number of amides is 1. The van der Waals surface area contributed by atoms with E-state index in [4.69, 9.17) is 23.2 Å². The van der Waals surface area contributed by atoms with E-state index in [0.29, 0.717) is 0 Å². The van der Waals surface area contributed by atoms with Gasteiger partial charge in [-0.2, -0.15) is 0 Å². The molecule has 2 nitrogen and oxygen atoms in total. The smallest absolute Gasteiger partial charge is 0.261 e. The van der Waals surface area contributed by atoms with Crippen LogP contribution in [0.4, 0.5) is 0 Å². The molecule has 0 heterocycles. The van der Waals surface area contributed by atoms with E-state index >= 15 is 0 Å². The maximum Gasteiger partial charge on any atom is 0.261 e. The normalized spacial score (nSPS) is 11.4. The van der Waals surface area contributed by atoms with Crippen LogP contribution in [0.5, 0.6) is 0 Å². The highest BCUT2D eigenvalue weighted by Gasteiger charge is 1.94. The van der Waals surface area contributed by atoms with Gasteiger partial charge in [-0.1, -0.05) is 23.2 Å². The largest absolute Gasteiger partial charge is 0.365 e. The highest BCUT2D eigenvalue weighted by Crippen LogP contribution is 1.99. The molecule has 0 aromatic rings. The van der Waals surface area contributed by atoms with Crippen molar-refractivity contribution in [2.24, 2.45) is 5.73 Å². The molecule has 0 saturated heterocycles. The lowest BCUT2D eigenvalue weighted by Gasteiger charge is -1.81. The number of halogens is 2. The van der Waals surface area contributed by atoms with Crippen LogP contribution in [0.15, 0.2) is 10.6 Å². The lowest BCUT2D eigenvalue weighted by Crippen LogP contribution is -2.09. The first-order chi connectivity index (χ1) is 3.18. The first-order valence-electron chi connectivity index (χ1n) is 1.44. The number of carbonyl (C=O) groups is 1. The number of rotatable bonds is 1. The zero-order chi connectivity index (χ0) is 5.86. The SMILES string of the molecule is NC(=O)/C(Cl)=C\Cl. The van der Waals surface area contributed by atoms with Gasteiger partial charge in [0.1, 0.15) is 5.03 Å². The number of carbonyl (C=O) groups excluding carboxylic acids is 1. The number of nitrogens with two attached hydrogens (primary N) is 1. The molecule has 0 fully saturated rings. The molecule has 0 rings (SSSR count). The molecule has 0 aromatic heterocycles. The average Bonchev–Trinajstić information content (AvgIpc) is 1.65. The third-order valence-corrected chi connectivity index (χ3v) is 0.956. The molecule has 0 aliphatic carbocycles. The molecule has 0 radical (unpaired) electrons. The van der Waals surface area contributed by atoms with Gasteiger partial charge in [-0.25, -0.2) is 0 Å². The summed E-state index contributed by atoms with van der Waals surface area (Å²) in [7, 11) is 0. The molecule has 0 aliphatic heterocycles. The predicted octanol–water partition coefficient (Wildman–Crippen LogP) is 0.791. The third kappa shape index (κ3) is 2.48. The van der Waals surface area contributed by atoms with Crippen molar-refractivity contribution >= 4 is 29.1 Å². The van der Waals surface area contributed by atoms with Crippen molar-refractivity contribution in [3.8, 4) is 0 Å². The second-order valence-corrected chi connectivity index (χ2v) is 1.45. The van der Waals surface area contributed by atoms with Gasteiger partial charge in [-0.3, -0.25) is 4.79 Å². The fourth-order valence-electron chi connectivity index (χ4n) is 0.0538. The molecule has 1 amide bonds. The van der Waals surface area contributed by atoms with Crippen LogP contribution in [0.25, 0.3) is 0 Å². The Hall–Kier alpha value is -0.210. The van der Waals surface area contributed by atoms with Crippen LogP contribution in [0.2, 0.25) is 0 Å². The van der Waals surface area contributed by atoms with Gasteiger partial charge in [-0.05, 0) is 0 Å². The van der Waals surface area contributed by atoms with Crippen LogP contribution in [-0.4, -0.2) is 5.91 Å². The Bertz CT molecular complexity index is 110. The van der Waals surface area contributed by atoms with Crippen molar-refractivity contribution < 1.29 is 4.79 Å². The Morgan fingerprint density at radius 1 is 1.71 bits per heavy atom. The van der Waals surface area contributed by atoms with E-state index in [0.717, 1.165) is 5.54 Å². The van der Waals surface area contributed by atoms with Gasteiger partial charge in [0, 0.05) is 5.54 Å². The molecular formula is C3H3Cl2NO. The van der Waals surface area contributed by atoms with Gasteiger partial charge in [0.2, 0.25) is 0 Å². The molecule has 4 heteroatoms. The Morgan fingerprint density at radius 3 is 2.14 bits per heavy atom. The topological polar surface area (TPSA) is 43.1 Å². The van der Waals surface area contributed by atoms with E-state index < -0.39 is 5.91 Å². The second kappa shape index (κ2) is 2.88. The van der Waals surface area contributed by atoms with Crippen molar-refractivity contribution in [3.05, 3.63) is 10.6 Å². The van der Waals surface area contributed by atoms with E-state index in [-0.39, 0.29) is 5.03 Å². The molecule has 0 bridgehead atoms. The minimum absolute atomic E-state index is 0.151. The average molecular weight is 140 g/mol. The minimum Gasteiger partial charge on any atom is -0.365 e. The van der Waals surface area contributed by atoms with Crippen LogP contribution in [-0.2, 0) is 4.79 Å². The number of hydrogen-bond donors (Lipinski definition) is 1. The summed E-state index contributed by atoms with van der Waals surface area (Å²) < 4.78 is 0. The predicted molar refractivity (Wildman–Crippen MR) is 29.0 cm³/mol. The lowest BCUT2D eigenvalue weighted by molar-refractivity contribution is -0.113. The molecule has 7 heavy (non-hydrogen) atoms. The maximum atomic E-state index is 9.87.